The molecule has 0 aliphatic rings. The lowest BCUT2D eigenvalue weighted by atomic mass is 10.1. The molecular formula is C21H15N3O3S. The Bertz CT molecular complexity index is 1260. The average Bonchev–Trinajstić information content (AvgIpc) is 2.69. The van der Waals surface area contributed by atoms with Crippen LogP contribution in [0.1, 0.15) is 10.4 Å². The first kappa shape index (κ1) is 17.7. The highest BCUT2D eigenvalue weighted by Crippen LogP contribution is 2.23. The van der Waals surface area contributed by atoms with Gasteiger partial charge < -0.3 is 15.0 Å². The Morgan fingerprint density at radius 1 is 0.893 bits per heavy atom. The molecular weight excluding hydrogens is 374 g/mol. The number of para-hydroxylation sites is 1. The Morgan fingerprint density at radius 3 is 2.36 bits per heavy atom. The normalized spacial score (nSPS) is 10.6. The number of amides is 1. The van der Waals surface area contributed by atoms with Gasteiger partial charge in [0.25, 0.3) is 11.5 Å². The summed E-state index contributed by atoms with van der Waals surface area (Å²) in [5, 5.41) is 3.26. The van der Waals surface area contributed by atoms with Gasteiger partial charge in [0.05, 0.1) is 10.9 Å². The summed E-state index contributed by atoms with van der Waals surface area (Å²) in [5.74, 6) is 1.11. The molecule has 1 amide bonds. The van der Waals surface area contributed by atoms with Crippen molar-refractivity contribution in [1.29, 1.82) is 0 Å². The number of carbonyl (C=O) groups is 1. The highest BCUT2D eigenvalue weighted by molar-refractivity contribution is 7.71. The summed E-state index contributed by atoms with van der Waals surface area (Å²) in [6.07, 6.45) is 0. The van der Waals surface area contributed by atoms with Crippen LogP contribution in [0.5, 0.6) is 11.5 Å². The second-order valence-electron chi connectivity index (χ2n) is 6.06. The molecule has 0 radical (unpaired) electrons. The minimum absolute atomic E-state index is 0.212. The first-order valence-electron chi connectivity index (χ1n) is 8.49. The highest BCUT2D eigenvalue weighted by atomic mass is 32.1. The zero-order chi connectivity index (χ0) is 19.5. The Balaban J connectivity index is 1.51. The zero-order valence-electron chi connectivity index (χ0n) is 14.6. The van der Waals surface area contributed by atoms with E-state index in [1.807, 2.05) is 30.3 Å². The van der Waals surface area contributed by atoms with E-state index >= 15 is 0 Å². The van der Waals surface area contributed by atoms with Gasteiger partial charge in [0.1, 0.15) is 11.5 Å². The first-order valence-corrected chi connectivity index (χ1v) is 8.90. The van der Waals surface area contributed by atoms with Crippen molar-refractivity contribution in [3.63, 3.8) is 0 Å². The topological polar surface area (TPSA) is 87.0 Å². The third kappa shape index (κ3) is 3.84. The summed E-state index contributed by atoms with van der Waals surface area (Å²) in [6, 6.07) is 21.3. The van der Waals surface area contributed by atoms with Gasteiger partial charge in [-0.25, -0.2) is 0 Å². The summed E-state index contributed by atoms with van der Waals surface area (Å²) >= 11 is 4.98. The van der Waals surface area contributed by atoms with Crippen molar-refractivity contribution in [2.45, 2.75) is 0 Å². The lowest BCUT2D eigenvalue weighted by molar-refractivity contribution is 0.102. The molecule has 0 atom stereocenters. The molecule has 0 bridgehead atoms. The Kier molecular flexibility index (Phi) is 4.74. The van der Waals surface area contributed by atoms with E-state index in [1.54, 1.807) is 42.5 Å². The van der Waals surface area contributed by atoms with Gasteiger partial charge >= 0.3 is 0 Å². The molecule has 3 aromatic carbocycles. The number of anilines is 1. The van der Waals surface area contributed by atoms with Crippen LogP contribution in [0, 0.1) is 4.77 Å². The molecule has 4 rings (SSSR count). The largest absolute Gasteiger partial charge is 0.457 e. The van der Waals surface area contributed by atoms with Crippen LogP contribution in [0.15, 0.2) is 77.6 Å². The molecule has 1 heterocycles. The van der Waals surface area contributed by atoms with Crippen LogP contribution < -0.4 is 15.6 Å². The lowest BCUT2D eigenvalue weighted by Crippen LogP contribution is -2.13. The van der Waals surface area contributed by atoms with Crippen molar-refractivity contribution in [3.8, 4) is 11.5 Å². The predicted molar refractivity (Wildman–Crippen MR) is 111 cm³/mol. The van der Waals surface area contributed by atoms with E-state index in [4.69, 9.17) is 17.0 Å². The van der Waals surface area contributed by atoms with E-state index in [9.17, 15) is 9.59 Å². The van der Waals surface area contributed by atoms with E-state index in [0.29, 0.717) is 27.9 Å². The number of H-pyrrole nitrogens is 2. The molecule has 0 spiro atoms. The summed E-state index contributed by atoms with van der Waals surface area (Å²) in [4.78, 5) is 29.8. The first-order chi connectivity index (χ1) is 13.6. The standard InChI is InChI=1S/C21H15N3O3S/c25-19(13-6-11-17-18(12-13)23-21(28)24-20(17)26)22-14-7-9-16(10-8-14)27-15-4-2-1-3-5-15/h1-12H,(H,22,25)(H2,23,24,26,28). The number of hydrogen-bond donors (Lipinski definition) is 3. The highest BCUT2D eigenvalue weighted by Gasteiger charge is 2.09. The van der Waals surface area contributed by atoms with E-state index in [0.717, 1.165) is 5.75 Å². The second-order valence-corrected chi connectivity index (χ2v) is 6.47. The summed E-state index contributed by atoms with van der Waals surface area (Å²) in [6.45, 7) is 0. The van der Waals surface area contributed by atoms with Crippen LogP contribution in [-0.4, -0.2) is 15.9 Å². The maximum atomic E-state index is 12.5. The Labute approximate surface area is 164 Å². The smallest absolute Gasteiger partial charge is 0.259 e. The van der Waals surface area contributed by atoms with E-state index in [2.05, 4.69) is 15.3 Å². The maximum absolute atomic E-state index is 12.5. The molecule has 0 aliphatic carbocycles. The number of fused-ring (bicyclic) bond motifs is 1. The van der Waals surface area contributed by atoms with Crippen LogP contribution in [0.2, 0.25) is 0 Å². The molecule has 0 saturated carbocycles. The number of benzene rings is 3. The van der Waals surface area contributed by atoms with Crippen molar-refractivity contribution < 1.29 is 9.53 Å². The molecule has 4 aromatic rings. The van der Waals surface area contributed by atoms with Crippen molar-refractivity contribution in [2.75, 3.05) is 5.32 Å². The van der Waals surface area contributed by atoms with Gasteiger partial charge in [-0.1, -0.05) is 18.2 Å². The van der Waals surface area contributed by atoms with E-state index in [1.165, 1.54) is 0 Å². The van der Waals surface area contributed by atoms with Crippen LogP contribution >= 0.6 is 12.2 Å². The number of rotatable bonds is 4. The minimum Gasteiger partial charge on any atom is -0.457 e. The van der Waals surface area contributed by atoms with E-state index < -0.39 is 0 Å². The molecule has 138 valence electrons. The van der Waals surface area contributed by atoms with Crippen LogP contribution in [0.4, 0.5) is 5.69 Å². The number of aromatic nitrogens is 2. The predicted octanol–water partition coefficient (Wildman–Crippen LogP) is 4.63. The van der Waals surface area contributed by atoms with Gasteiger partial charge in [0.15, 0.2) is 4.77 Å². The monoisotopic (exact) mass is 389 g/mol. The fraction of sp³-hybridized carbons (Fsp3) is 0. The lowest BCUT2D eigenvalue weighted by Gasteiger charge is -2.08. The zero-order valence-corrected chi connectivity index (χ0v) is 15.4. The van der Waals surface area contributed by atoms with Crippen LogP contribution in [0.25, 0.3) is 10.9 Å². The molecule has 3 N–H and O–H groups in total. The number of aromatic amines is 2. The Hall–Kier alpha value is -3.71. The van der Waals surface area contributed by atoms with E-state index in [-0.39, 0.29) is 16.2 Å². The fourth-order valence-corrected chi connectivity index (χ4v) is 2.95. The van der Waals surface area contributed by atoms with Crippen LogP contribution in [0.3, 0.4) is 0 Å². The third-order valence-corrected chi connectivity index (χ3v) is 4.30. The summed E-state index contributed by atoms with van der Waals surface area (Å²) in [7, 11) is 0. The quantitative estimate of drug-likeness (QED) is 0.444. The number of carbonyl (C=O) groups excluding carboxylic acids is 1. The molecule has 0 fully saturated rings. The molecule has 0 unspecified atom stereocenters. The van der Waals surface area contributed by atoms with Gasteiger partial charge in [0, 0.05) is 11.3 Å². The molecule has 0 aliphatic heterocycles. The van der Waals surface area contributed by atoms with Crippen molar-refractivity contribution in [2.24, 2.45) is 0 Å². The minimum atomic E-state index is -0.293. The summed E-state index contributed by atoms with van der Waals surface area (Å²) < 4.78 is 5.95. The van der Waals surface area contributed by atoms with Gasteiger partial charge in [-0.05, 0) is 66.8 Å². The Morgan fingerprint density at radius 2 is 1.61 bits per heavy atom. The van der Waals surface area contributed by atoms with Crippen molar-refractivity contribution >= 4 is 34.7 Å². The van der Waals surface area contributed by atoms with Crippen molar-refractivity contribution in [1.82, 2.24) is 9.97 Å². The number of ether oxygens (including phenoxy) is 1. The third-order valence-electron chi connectivity index (χ3n) is 4.09. The number of hydrogen-bond acceptors (Lipinski definition) is 4. The summed E-state index contributed by atoms with van der Waals surface area (Å²) in [5.41, 5.74) is 1.26. The molecule has 28 heavy (non-hydrogen) atoms. The molecule has 6 nitrogen and oxygen atoms in total. The fourth-order valence-electron chi connectivity index (χ4n) is 2.75. The molecule has 1 aromatic heterocycles. The van der Waals surface area contributed by atoms with Gasteiger partial charge in [-0.15, -0.1) is 0 Å². The van der Waals surface area contributed by atoms with Gasteiger partial charge in [-0.2, -0.15) is 0 Å². The van der Waals surface area contributed by atoms with Gasteiger partial charge in [-0.3, -0.25) is 14.6 Å². The average molecular weight is 389 g/mol. The van der Waals surface area contributed by atoms with Crippen LogP contribution in [-0.2, 0) is 0 Å². The second kappa shape index (κ2) is 7.50. The number of nitrogens with one attached hydrogen (secondary N) is 3. The maximum Gasteiger partial charge on any atom is 0.259 e. The molecule has 0 saturated heterocycles. The SMILES string of the molecule is O=C(Nc1ccc(Oc2ccccc2)cc1)c1ccc2c(=O)[nH]c(=S)[nH]c2c1. The van der Waals surface area contributed by atoms with Gasteiger partial charge in [0.2, 0.25) is 0 Å². The van der Waals surface area contributed by atoms with Crippen molar-refractivity contribution in [3.05, 3.63) is 93.5 Å². The molecule has 7 heteroatoms.